The summed E-state index contributed by atoms with van der Waals surface area (Å²) in [5, 5.41) is 9.08. The molecule has 0 aromatic heterocycles. The summed E-state index contributed by atoms with van der Waals surface area (Å²) in [4.78, 5) is 34.8. The molecule has 0 spiro atoms. The standard InChI is InChI=1S/C11H19NO5/c1-5-7(2)10(11(15)16)12(3)8(13)6-9(14)17-4/h7,10H,5-6H2,1-4H3,(H,15,16). The van der Waals surface area contributed by atoms with Gasteiger partial charge in [0.1, 0.15) is 12.5 Å². The summed E-state index contributed by atoms with van der Waals surface area (Å²) in [5.41, 5.74) is 0. The van der Waals surface area contributed by atoms with E-state index in [0.29, 0.717) is 6.42 Å². The van der Waals surface area contributed by atoms with E-state index in [1.54, 1.807) is 6.92 Å². The van der Waals surface area contributed by atoms with Crippen molar-refractivity contribution < 1.29 is 24.2 Å². The lowest BCUT2D eigenvalue weighted by Crippen LogP contribution is -2.46. The van der Waals surface area contributed by atoms with Crippen molar-refractivity contribution in [2.24, 2.45) is 5.92 Å². The number of hydrogen-bond acceptors (Lipinski definition) is 4. The molecular weight excluding hydrogens is 226 g/mol. The average Bonchev–Trinajstić information content (AvgIpc) is 2.27. The summed E-state index contributed by atoms with van der Waals surface area (Å²) < 4.78 is 4.36. The second kappa shape index (κ2) is 6.88. The van der Waals surface area contributed by atoms with Crippen molar-refractivity contribution >= 4 is 17.8 Å². The number of carboxylic acid groups (broad SMARTS) is 1. The van der Waals surface area contributed by atoms with Crippen molar-refractivity contribution in [1.82, 2.24) is 4.90 Å². The number of ether oxygens (including phenoxy) is 1. The van der Waals surface area contributed by atoms with Crippen LogP contribution >= 0.6 is 0 Å². The zero-order valence-electron chi connectivity index (χ0n) is 10.6. The third-order valence-electron chi connectivity index (χ3n) is 2.77. The van der Waals surface area contributed by atoms with Crippen LogP contribution in [0.3, 0.4) is 0 Å². The number of nitrogens with zero attached hydrogens (tertiary/aromatic N) is 1. The number of methoxy groups -OCH3 is 1. The van der Waals surface area contributed by atoms with E-state index in [1.165, 1.54) is 14.2 Å². The SMILES string of the molecule is CCC(C)C(C(=O)O)N(C)C(=O)CC(=O)OC. The fourth-order valence-corrected chi connectivity index (χ4v) is 1.49. The van der Waals surface area contributed by atoms with Crippen molar-refractivity contribution in [3.05, 3.63) is 0 Å². The Balaban J connectivity index is 4.72. The minimum absolute atomic E-state index is 0.181. The number of likely N-dealkylation sites (N-methyl/N-ethyl adjacent to an activating group) is 1. The number of rotatable bonds is 6. The summed E-state index contributed by atoms with van der Waals surface area (Å²) in [5.74, 6) is -2.47. The lowest BCUT2D eigenvalue weighted by atomic mass is 9.98. The molecular formula is C11H19NO5. The molecule has 0 aromatic rings. The Kier molecular flexibility index (Phi) is 6.23. The van der Waals surface area contributed by atoms with Crippen LogP contribution in [0.5, 0.6) is 0 Å². The monoisotopic (exact) mass is 245 g/mol. The van der Waals surface area contributed by atoms with E-state index < -0.39 is 30.3 Å². The zero-order valence-corrected chi connectivity index (χ0v) is 10.6. The number of carbonyl (C=O) groups excluding carboxylic acids is 2. The van der Waals surface area contributed by atoms with Gasteiger partial charge in [-0.1, -0.05) is 20.3 Å². The van der Waals surface area contributed by atoms with Crippen LogP contribution in [0.1, 0.15) is 26.7 Å². The predicted molar refractivity (Wildman–Crippen MR) is 60.3 cm³/mol. The van der Waals surface area contributed by atoms with Gasteiger partial charge in [0.15, 0.2) is 0 Å². The Morgan fingerprint density at radius 2 is 1.88 bits per heavy atom. The fraction of sp³-hybridized carbons (Fsp3) is 0.727. The molecule has 0 aliphatic heterocycles. The van der Waals surface area contributed by atoms with Gasteiger partial charge in [0.05, 0.1) is 7.11 Å². The maximum atomic E-state index is 11.6. The van der Waals surface area contributed by atoms with Gasteiger partial charge in [-0.15, -0.1) is 0 Å². The topological polar surface area (TPSA) is 83.9 Å². The first kappa shape index (κ1) is 15.4. The zero-order chi connectivity index (χ0) is 13.6. The maximum absolute atomic E-state index is 11.6. The van der Waals surface area contributed by atoms with Crippen molar-refractivity contribution in [1.29, 1.82) is 0 Å². The fourth-order valence-electron chi connectivity index (χ4n) is 1.49. The number of hydrogen-bond donors (Lipinski definition) is 1. The van der Waals surface area contributed by atoms with Crippen LogP contribution in [0.25, 0.3) is 0 Å². The summed E-state index contributed by atoms with van der Waals surface area (Å²) in [6.45, 7) is 3.60. The largest absolute Gasteiger partial charge is 0.480 e. The van der Waals surface area contributed by atoms with Crippen LogP contribution in [0.15, 0.2) is 0 Å². The Hall–Kier alpha value is -1.59. The lowest BCUT2D eigenvalue weighted by Gasteiger charge is -2.28. The molecule has 17 heavy (non-hydrogen) atoms. The first-order chi connectivity index (χ1) is 7.84. The number of carboxylic acids is 1. The first-order valence-electron chi connectivity index (χ1n) is 5.40. The number of esters is 1. The predicted octanol–water partition coefficient (Wildman–Crippen LogP) is 0.507. The van der Waals surface area contributed by atoms with Crippen molar-refractivity contribution in [2.45, 2.75) is 32.7 Å². The van der Waals surface area contributed by atoms with Crippen LogP contribution in [-0.2, 0) is 19.1 Å². The molecule has 0 rings (SSSR count). The van der Waals surface area contributed by atoms with Gasteiger partial charge < -0.3 is 14.7 Å². The van der Waals surface area contributed by atoms with Gasteiger partial charge in [0.2, 0.25) is 5.91 Å². The van der Waals surface area contributed by atoms with Gasteiger partial charge in [0, 0.05) is 7.05 Å². The van der Waals surface area contributed by atoms with E-state index in [0.717, 1.165) is 4.90 Å². The maximum Gasteiger partial charge on any atom is 0.326 e. The highest BCUT2D eigenvalue weighted by Gasteiger charge is 2.31. The second-order valence-electron chi connectivity index (χ2n) is 3.93. The molecule has 0 fully saturated rings. The first-order valence-corrected chi connectivity index (χ1v) is 5.40. The van der Waals surface area contributed by atoms with Crippen LogP contribution in [0.2, 0.25) is 0 Å². The number of aliphatic carboxylic acids is 1. The molecule has 6 heteroatoms. The quantitative estimate of drug-likeness (QED) is 0.544. The van der Waals surface area contributed by atoms with Crippen molar-refractivity contribution in [3.8, 4) is 0 Å². The average molecular weight is 245 g/mol. The van der Waals surface area contributed by atoms with E-state index in [4.69, 9.17) is 5.11 Å². The van der Waals surface area contributed by atoms with Crippen LogP contribution in [0.4, 0.5) is 0 Å². The number of carbonyl (C=O) groups is 3. The van der Waals surface area contributed by atoms with E-state index in [9.17, 15) is 14.4 Å². The Labute approximate surface area is 101 Å². The molecule has 0 aliphatic carbocycles. The lowest BCUT2D eigenvalue weighted by molar-refractivity contribution is -0.155. The molecule has 2 atom stereocenters. The number of amides is 1. The molecule has 0 aromatic carbocycles. The molecule has 0 bridgehead atoms. The van der Waals surface area contributed by atoms with E-state index in [1.807, 2.05) is 6.92 Å². The van der Waals surface area contributed by atoms with Crippen LogP contribution < -0.4 is 0 Å². The molecule has 0 aliphatic rings. The third-order valence-corrected chi connectivity index (χ3v) is 2.77. The van der Waals surface area contributed by atoms with Gasteiger partial charge in [-0.05, 0) is 5.92 Å². The highest BCUT2D eigenvalue weighted by atomic mass is 16.5. The smallest absolute Gasteiger partial charge is 0.326 e. The van der Waals surface area contributed by atoms with Crippen LogP contribution in [0, 0.1) is 5.92 Å². The van der Waals surface area contributed by atoms with E-state index >= 15 is 0 Å². The molecule has 6 nitrogen and oxygen atoms in total. The van der Waals surface area contributed by atoms with Gasteiger partial charge in [-0.25, -0.2) is 4.79 Å². The molecule has 0 heterocycles. The minimum atomic E-state index is -1.07. The summed E-state index contributed by atoms with van der Waals surface area (Å²) in [6.07, 6.45) is 0.194. The molecule has 2 unspecified atom stereocenters. The van der Waals surface area contributed by atoms with Crippen molar-refractivity contribution in [3.63, 3.8) is 0 Å². The molecule has 0 saturated carbocycles. The molecule has 0 saturated heterocycles. The van der Waals surface area contributed by atoms with Gasteiger partial charge in [-0.2, -0.15) is 0 Å². The van der Waals surface area contributed by atoms with E-state index in [2.05, 4.69) is 4.74 Å². The molecule has 1 amide bonds. The van der Waals surface area contributed by atoms with Gasteiger partial charge in [0.25, 0.3) is 0 Å². The highest BCUT2D eigenvalue weighted by molar-refractivity contribution is 5.95. The van der Waals surface area contributed by atoms with Gasteiger partial charge in [-0.3, -0.25) is 9.59 Å². The Morgan fingerprint density at radius 3 is 2.24 bits per heavy atom. The normalized spacial score (nSPS) is 13.6. The van der Waals surface area contributed by atoms with E-state index in [-0.39, 0.29) is 5.92 Å². The van der Waals surface area contributed by atoms with Crippen LogP contribution in [-0.4, -0.2) is 48.1 Å². The molecule has 0 radical (unpaired) electrons. The Morgan fingerprint density at radius 1 is 1.35 bits per heavy atom. The molecule has 98 valence electrons. The molecule has 1 N–H and O–H groups in total. The Bertz CT molecular complexity index is 302. The van der Waals surface area contributed by atoms with Crippen molar-refractivity contribution in [2.75, 3.05) is 14.2 Å². The summed E-state index contributed by atoms with van der Waals surface area (Å²) in [7, 11) is 2.56. The summed E-state index contributed by atoms with van der Waals surface area (Å²) >= 11 is 0. The highest BCUT2D eigenvalue weighted by Crippen LogP contribution is 2.14. The third kappa shape index (κ3) is 4.42. The second-order valence-corrected chi connectivity index (χ2v) is 3.93. The minimum Gasteiger partial charge on any atom is -0.480 e. The van der Waals surface area contributed by atoms with Gasteiger partial charge >= 0.3 is 11.9 Å². The summed E-state index contributed by atoms with van der Waals surface area (Å²) in [6, 6.07) is -0.919.